The lowest BCUT2D eigenvalue weighted by atomic mass is 9.80. The molecule has 3 aromatic carbocycles. The fraction of sp³-hybridized carbons (Fsp3) is 0.468. The van der Waals surface area contributed by atoms with Gasteiger partial charge in [-0.15, -0.1) is 0 Å². The summed E-state index contributed by atoms with van der Waals surface area (Å²) in [5.74, 6) is 1.80. The highest BCUT2D eigenvalue weighted by Gasteiger charge is 2.45. The minimum Gasteiger partial charge on any atom is -0.497 e. The molecule has 6 rings (SSSR count). The Bertz CT molecular complexity index is 2090. The molecule has 1 aliphatic heterocycles. The Kier molecular flexibility index (Phi) is 15.9. The van der Waals surface area contributed by atoms with Crippen molar-refractivity contribution in [1.82, 2.24) is 14.2 Å². The van der Waals surface area contributed by atoms with E-state index in [0.717, 1.165) is 29.5 Å². The Hall–Kier alpha value is -4.60. The van der Waals surface area contributed by atoms with Crippen molar-refractivity contribution in [2.45, 2.75) is 109 Å². The molecule has 320 valence electrons. The maximum Gasteiger partial charge on any atom is 0.330 e. The van der Waals surface area contributed by atoms with Gasteiger partial charge in [-0.05, 0) is 87.4 Å². The smallest absolute Gasteiger partial charge is 0.330 e. The van der Waals surface area contributed by atoms with Crippen molar-refractivity contribution < 1.29 is 28.0 Å². The summed E-state index contributed by atoms with van der Waals surface area (Å²) < 4.78 is 42.2. The van der Waals surface area contributed by atoms with Crippen molar-refractivity contribution in [3.8, 4) is 17.6 Å². The maximum atomic E-state index is 13.6. The highest BCUT2D eigenvalue weighted by atomic mass is 31.2. The van der Waals surface area contributed by atoms with Crippen molar-refractivity contribution in [2.75, 3.05) is 27.4 Å². The Labute approximate surface area is 355 Å². The van der Waals surface area contributed by atoms with E-state index in [1.807, 2.05) is 84.9 Å². The van der Waals surface area contributed by atoms with Gasteiger partial charge < -0.3 is 28.0 Å². The topological polar surface area (TPSA) is 137 Å². The fourth-order valence-corrected chi connectivity index (χ4v) is 9.98. The second-order valence-corrected chi connectivity index (χ2v) is 17.3. The minimum absolute atomic E-state index is 0.0331. The molecule has 4 aromatic rings. The van der Waals surface area contributed by atoms with Gasteiger partial charge in [-0.3, -0.25) is 14.3 Å². The lowest BCUT2D eigenvalue weighted by molar-refractivity contribution is -0.0925. The van der Waals surface area contributed by atoms with Crippen molar-refractivity contribution in [2.24, 2.45) is 5.92 Å². The highest BCUT2D eigenvalue weighted by Crippen LogP contribution is 2.50. The van der Waals surface area contributed by atoms with Gasteiger partial charge in [-0.2, -0.15) is 5.26 Å². The summed E-state index contributed by atoms with van der Waals surface area (Å²) in [7, 11) is 1.58. The Morgan fingerprint density at radius 1 is 0.900 bits per heavy atom. The van der Waals surface area contributed by atoms with Crippen LogP contribution in [0.5, 0.6) is 11.5 Å². The number of methoxy groups -OCH3 is 2. The summed E-state index contributed by atoms with van der Waals surface area (Å²) in [6.07, 6.45) is 9.59. The van der Waals surface area contributed by atoms with E-state index in [1.54, 1.807) is 20.4 Å². The summed E-state index contributed by atoms with van der Waals surface area (Å²) >= 11 is 0. The van der Waals surface area contributed by atoms with Crippen LogP contribution in [0.25, 0.3) is 6.08 Å². The third kappa shape index (κ3) is 10.6. The third-order valence-electron chi connectivity index (χ3n) is 11.2. The highest BCUT2D eigenvalue weighted by molar-refractivity contribution is 7.44. The molecule has 0 radical (unpaired) electrons. The number of allylic oxidation sites excluding steroid dienone is 1. The normalized spacial score (nSPS) is 19.3. The molecule has 12 nitrogen and oxygen atoms in total. The zero-order chi connectivity index (χ0) is 42.6. The van der Waals surface area contributed by atoms with Crippen LogP contribution in [-0.2, 0) is 24.1 Å². The van der Waals surface area contributed by atoms with Gasteiger partial charge in [0.05, 0.1) is 51.6 Å². The second-order valence-electron chi connectivity index (χ2n) is 15.9. The number of rotatable bonds is 19. The van der Waals surface area contributed by atoms with E-state index in [-0.39, 0.29) is 38.1 Å². The summed E-state index contributed by atoms with van der Waals surface area (Å²) in [4.78, 5) is 29.3. The van der Waals surface area contributed by atoms with E-state index in [9.17, 15) is 14.9 Å². The van der Waals surface area contributed by atoms with E-state index >= 15 is 0 Å². The zero-order valence-corrected chi connectivity index (χ0v) is 36.5. The number of nitriles is 1. The molecule has 2 aliphatic rings. The van der Waals surface area contributed by atoms with E-state index < -0.39 is 43.8 Å². The van der Waals surface area contributed by atoms with Crippen molar-refractivity contribution in [3.05, 3.63) is 134 Å². The summed E-state index contributed by atoms with van der Waals surface area (Å²) in [5, 5.41) is 9.40. The van der Waals surface area contributed by atoms with Crippen LogP contribution in [0.4, 0.5) is 0 Å². The van der Waals surface area contributed by atoms with Gasteiger partial charge >= 0.3 is 5.69 Å². The van der Waals surface area contributed by atoms with Gasteiger partial charge in [0.25, 0.3) is 14.1 Å². The summed E-state index contributed by atoms with van der Waals surface area (Å²) in [6, 6.07) is 27.9. The molecule has 1 saturated heterocycles. The van der Waals surface area contributed by atoms with Crippen molar-refractivity contribution >= 4 is 14.6 Å². The maximum absolute atomic E-state index is 13.6. The van der Waals surface area contributed by atoms with E-state index in [2.05, 4.69) is 49.5 Å². The van der Waals surface area contributed by atoms with Crippen molar-refractivity contribution in [1.29, 1.82) is 5.26 Å². The molecule has 1 aliphatic carbocycles. The van der Waals surface area contributed by atoms with E-state index in [0.29, 0.717) is 23.0 Å². The second kappa shape index (κ2) is 21.3. The quantitative estimate of drug-likeness (QED) is 0.0553. The fourth-order valence-electron chi connectivity index (χ4n) is 8.22. The van der Waals surface area contributed by atoms with Crippen LogP contribution < -0.4 is 20.7 Å². The standard InChI is InChI=1S/C47H59N4O8P/c1-33(2)51(34(3)4)60(57-29-13-28-48)59-42-30-44(50-31-36(45(52)49-46(50)53)19-18-35-14-9-7-10-15-35)58-43(42)32-56-47(37-16-11-8-12-17-37,38-20-24-40(54-5)25-21-38)39-22-26-41(55-6)27-23-39/h8,11-12,16-27,31,33-35,42-44H,7,9-10,13-15,29-30,32H2,1-6H3,(H,49,52,53)/b19-18+/t42-,43+,44+,60?/m0/s1. The predicted octanol–water partition coefficient (Wildman–Crippen LogP) is 9.10. The van der Waals surface area contributed by atoms with Crippen LogP contribution in [0.15, 0.2) is 101 Å². The van der Waals surface area contributed by atoms with Gasteiger partial charge in [-0.25, -0.2) is 9.46 Å². The van der Waals surface area contributed by atoms with E-state index in [4.69, 9.17) is 28.0 Å². The number of hydrogen-bond donors (Lipinski definition) is 1. The van der Waals surface area contributed by atoms with Gasteiger partial charge in [0.15, 0.2) is 0 Å². The number of nitrogens with one attached hydrogen (secondary N) is 1. The van der Waals surface area contributed by atoms with Gasteiger partial charge in [-0.1, -0.05) is 86.0 Å². The largest absolute Gasteiger partial charge is 0.497 e. The minimum atomic E-state index is -1.69. The lowest BCUT2D eigenvalue weighted by Crippen LogP contribution is -2.39. The molecule has 2 fully saturated rings. The summed E-state index contributed by atoms with van der Waals surface area (Å²) in [5.41, 5.74) is 0.806. The van der Waals surface area contributed by atoms with Gasteiger partial charge in [0, 0.05) is 24.7 Å². The van der Waals surface area contributed by atoms with Crippen LogP contribution in [0.3, 0.4) is 0 Å². The molecule has 13 heteroatoms. The number of nitrogens with zero attached hydrogens (tertiary/aromatic N) is 3. The van der Waals surface area contributed by atoms with Gasteiger partial charge in [0.2, 0.25) is 0 Å². The number of ether oxygens (including phenoxy) is 4. The summed E-state index contributed by atoms with van der Waals surface area (Å²) in [6.45, 7) is 8.56. The number of aromatic amines is 1. The van der Waals surface area contributed by atoms with Crippen molar-refractivity contribution in [3.63, 3.8) is 0 Å². The molecule has 1 saturated carbocycles. The molecule has 2 heterocycles. The molecule has 0 bridgehead atoms. The zero-order valence-electron chi connectivity index (χ0n) is 35.6. The third-order valence-corrected chi connectivity index (χ3v) is 13.4. The Balaban J connectivity index is 1.42. The molecule has 0 amide bonds. The molecule has 4 atom stereocenters. The number of hydrogen-bond acceptors (Lipinski definition) is 10. The lowest BCUT2D eigenvalue weighted by Gasteiger charge is -2.39. The Morgan fingerprint density at radius 3 is 2.07 bits per heavy atom. The molecule has 1 aromatic heterocycles. The number of aromatic nitrogens is 2. The molecule has 60 heavy (non-hydrogen) atoms. The average Bonchev–Trinajstić information content (AvgIpc) is 3.66. The molecule has 1 N–H and O–H groups in total. The van der Waals surface area contributed by atoms with Crippen LogP contribution >= 0.6 is 8.53 Å². The molecule has 1 unspecified atom stereocenters. The monoisotopic (exact) mass is 838 g/mol. The van der Waals surface area contributed by atoms with Crippen LogP contribution in [-0.4, -0.2) is 65.9 Å². The van der Waals surface area contributed by atoms with E-state index in [1.165, 1.54) is 23.8 Å². The van der Waals surface area contributed by atoms with Gasteiger partial charge in [0.1, 0.15) is 29.4 Å². The Morgan fingerprint density at radius 2 is 1.50 bits per heavy atom. The SMILES string of the molecule is COc1ccc(C(OC[C@H]2O[C@@H](n3cc(/C=C/C4CCCCC4)c(=O)[nH]c3=O)C[C@@H]2OP(OCCC#N)N(C(C)C)C(C)C)(c2ccccc2)c2ccc(OC)cc2)cc1. The predicted molar refractivity (Wildman–Crippen MR) is 234 cm³/mol. The first-order chi connectivity index (χ1) is 29.1. The first-order valence-corrected chi connectivity index (χ1v) is 22.1. The first kappa shape index (κ1) is 44.9. The molecular weight excluding hydrogens is 780 g/mol. The molecule has 0 spiro atoms. The number of H-pyrrole nitrogens is 1. The number of benzene rings is 3. The molecular formula is C47H59N4O8P. The van der Waals surface area contributed by atoms with Crippen LogP contribution in [0.1, 0.15) is 101 Å². The van der Waals surface area contributed by atoms with Crippen LogP contribution in [0, 0.1) is 17.2 Å². The van der Waals surface area contributed by atoms with Crippen LogP contribution in [0.2, 0.25) is 0 Å². The average molecular weight is 839 g/mol. The first-order valence-electron chi connectivity index (χ1n) is 21.0.